The quantitative estimate of drug-likeness (QED) is 0.596. The van der Waals surface area contributed by atoms with Gasteiger partial charge in [0.05, 0.1) is 0 Å². The minimum Gasteiger partial charge on any atom is -0.289 e. The summed E-state index contributed by atoms with van der Waals surface area (Å²) >= 11 is 3.46. The highest BCUT2D eigenvalue weighted by Gasteiger charge is 2.09. The van der Waals surface area contributed by atoms with Crippen LogP contribution in [0.25, 0.3) is 10.8 Å². The first-order valence-corrected chi connectivity index (χ1v) is 7.23. The van der Waals surface area contributed by atoms with Gasteiger partial charge in [0.15, 0.2) is 5.78 Å². The second kappa shape index (κ2) is 5.22. The van der Waals surface area contributed by atoms with Crippen LogP contribution in [0.3, 0.4) is 0 Å². The number of benzene rings is 3. The molecule has 0 aliphatic heterocycles. The Hall–Kier alpha value is -1.93. The van der Waals surface area contributed by atoms with Gasteiger partial charge in [-0.2, -0.15) is 0 Å². The topological polar surface area (TPSA) is 17.1 Å². The Morgan fingerprint density at radius 2 is 1.40 bits per heavy atom. The number of halogens is 1. The van der Waals surface area contributed by atoms with Crippen molar-refractivity contribution in [3.8, 4) is 0 Å². The molecule has 0 N–H and O–H groups in total. The molecule has 0 amide bonds. The maximum atomic E-state index is 12.5. The van der Waals surface area contributed by atoms with Gasteiger partial charge in [0.1, 0.15) is 0 Å². The average molecular weight is 325 g/mol. The first-order valence-electron chi connectivity index (χ1n) is 6.44. The predicted octanol–water partition coefficient (Wildman–Crippen LogP) is 5.14. The van der Waals surface area contributed by atoms with Crippen LogP contribution in [-0.2, 0) is 0 Å². The summed E-state index contributed by atoms with van der Waals surface area (Å²) in [6.07, 6.45) is 0. The highest BCUT2D eigenvalue weighted by molar-refractivity contribution is 9.10. The van der Waals surface area contributed by atoms with Gasteiger partial charge < -0.3 is 0 Å². The summed E-state index contributed by atoms with van der Waals surface area (Å²) in [7, 11) is 0. The van der Waals surface area contributed by atoms with Crippen molar-refractivity contribution in [3.05, 3.63) is 81.8 Å². The zero-order valence-corrected chi connectivity index (χ0v) is 12.6. The SMILES string of the molecule is Cc1ccc(C(=O)c2ccc3cc(Br)ccc3c2)cc1. The summed E-state index contributed by atoms with van der Waals surface area (Å²) < 4.78 is 1.04. The van der Waals surface area contributed by atoms with Crippen molar-refractivity contribution in [2.45, 2.75) is 6.92 Å². The van der Waals surface area contributed by atoms with Crippen LogP contribution < -0.4 is 0 Å². The molecule has 0 fully saturated rings. The molecular formula is C18H13BrO. The lowest BCUT2D eigenvalue weighted by Gasteiger charge is -2.04. The molecule has 0 saturated heterocycles. The van der Waals surface area contributed by atoms with Crippen LogP contribution in [0, 0.1) is 6.92 Å². The Kier molecular flexibility index (Phi) is 3.41. The average Bonchev–Trinajstić information content (AvgIpc) is 2.47. The van der Waals surface area contributed by atoms with Crippen LogP contribution in [0.15, 0.2) is 65.1 Å². The molecule has 20 heavy (non-hydrogen) atoms. The Balaban J connectivity index is 2.03. The molecule has 0 aliphatic carbocycles. The molecule has 0 atom stereocenters. The number of hydrogen-bond acceptors (Lipinski definition) is 1. The van der Waals surface area contributed by atoms with E-state index in [1.54, 1.807) is 0 Å². The van der Waals surface area contributed by atoms with Crippen LogP contribution >= 0.6 is 15.9 Å². The van der Waals surface area contributed by atoms with Crippen LogP contribution in [0.4, 0.5) is 0 Å². The molecule has 0 spiro atoms. The van der Waals surface area contributed by atoms with E-state index >= 15 is 0 Å². The Morgan fingerprint density at radius 3 is 2.15 bits per heavy atom. The first-order chi connectivity index (χ1) is 9.63. The fourth-order valence-electron chi connectivity index (χ4n) is 2.23. The smallest absolute Gasteiger partial charge is 0.193 e. The number of carbonyl (C=O) groups excluding carboxylic acids is 1. The minimum absolute atomic E-state index is 0.0646. The van der Waals surface area contributed by atoms with Crippen LogP contribution in [0.2, 0.25) is 0 Å². The summed E-state index contributed by atoms with van der Waals surface area (Å²) in [6.45, 7) is 2.02. The number of carbonyl (C=O) groups is 1. The summed E-state index contributed by atoms with van der Waals surface area (Å²) in [4.78, 5) is 12.5. The number of ketones is 1. The van der Waals surface area contributed by atoms with E-state index in [4.69, 9.17) is 0 Å². The van der Waals surface area contributed by atoms with Gasteiger partial charge in [-0.1, -0.05) is 64.0 Å². The third-order valence-electron chi connectivity index (χ3n) is 3.38. The van der Waals surface area contributed by atoms with Gasteiger partial charge in [-0.3, -0.25) is 4.79 Å². The minimum atomic E-state index is 0.0646. The van der Waals surface area contributed by atoms with Crippen molar-refractivity contribution >= 4 is 32.5 Å². The fraction of sp³-hybridized carbons (Fsp3) is 0.0556. The molecule has 1 nitrogen and oxygen atoms in total. The van der Waals surface area contributed by atoms with Gasteiger partial charge in [-0.15, -0.1) is 0 Å². The summed E-state index contributed by atoms with van der Waals surface area (Å²) in [5, 5.41) is 2.20. The van der Waals surface area contributed by atoms with Gasteiger partial charge in [-0.25, -0.2) is 0 Å². The summed E-state index contributed by atoms with van der Waals surface area (Å²) in [5.41, 5.74) is 2.61. The molecule has 0 saturated carbocycles. The second-order valence-corrected chi connectivity index (χ2v) is 5.82. The monoisotopic (exact) mass is 324 g/mol. The van der Waals surface area contributed by atoms with E-state index in [9.17, 15) is 4.79 Å². The number of fused-ring (bicyclic) bond motifs is 1. The van der Waals surface area contributed by atoms with E-state index in [2.05, 4.69) is 22.0 Å². The van der Waals surface area contributed by atoms with E-state index in [1.807, 2.05) is 61.5 Å². The molecular weight excluding hydrogens is 312 g/mol. The Labute approximate surface area is 126 Å². The summed E-state index contributed by atoms with van der Waals surface area (Å²) in [5.74, 6) is 0.0646. The van der Waals surface area contributed by atoms with E-state index < -0.39 is 0 Å². The lowest BCUT2D eigenvalue weighted by Crippen LogP contribution is -2.00. The van der Waals surface area contributed by atoms with Crippen LogP contribution in [0.1, 0.15) is 21.5 Å². The molecule has 0 aromatic heterocycles. The molecule has 0 aliphatic rings. The number of hydrogen-bond donors (Lipinski definition) is 0. The fourth-order valence-corrected chi connectivity index (χ4v) is 2.61. The molecule has 2 heteroatoms. The third-order valence-corrected chi connectivity index (χ3v) is 3.87. The molecule has 0 bridgehead atoms. The zero-order valence-electron chi connectivity index (χ0n) is 11.1. The second-order valence-electron chi connectivity index (χ2n) is 4.90. The maximum absolute atomic E-state index is 12.5. The van der Waals surface area contributed by atoms with Gasteiger partial charge in [0.2, 0.25) is 0 Å². The molecule has 3 aromatic rings. The number of aryl methyl sites for hydroxylation is 1. The van der Waals surface area contributed by atoms with Crippen LogP contribution in [-0.4, -0.2) is 5.78 Å². The van der Waals surface area contributed by atoms with Crippen molar-refractivity contribution in [2.75, 3.05) is 0 Å². The molecule has 0 unspecified atom stereocenters. The van der Waals surface area contributed by atoms with Crippen LogP contribution in [0.5, 0.6) is 0 Å². The molecule has 0 radical (unpaired) electrons. The van der Waals surface area contributed by atoms with E-state index in [-0.39, 0.29) is 5.78 Å². The van der Waals surface area contributed by atoms with Crippen molar-refractivity contribution in [1.29, 1.82) is 0 Å². The van der Waals surface area contributed by atoms with Crippen molar-refractivity contribution in [3.63, 3.8) is 0 Å². The Morgan fingerprint density at radius 1 is 0.800 bits per heavy atom. The van der Waals surface area contributed by atoms with E-state index in [0.29, 0.717) is 0 Å². The lowest BCUT2D eigenvalue weighted by atomic mass is 9.99. The zero-order chi connectivity index (χ0) is 14.1. The van der Waals surface area contributed by atoms with E-state index in [0.717, 1.165) is 31.9 Å². The van der Waals surface area contributed by atoms with Crippen molar-refractivity contribution < 1.29 is 4.79 Å². The van der Waals surface area contributed by atoms with Gasteiger partial charge in [0.25, 0.3) is 0 Å². The largest absolute Gasteiger partial charge is 0.289 e. The lowest BCUT2D eigenvalue weighted by molar-refractivity contribution is 0.103. The van der Waals surface area contributed by atoms with Crippen molar-refractivity contribution in [2.24, 2.45) is 0 Å². The summed E-state index contributed by atoms with van der Waals surface area (Å²) in [6, 6.07) is 19.6. The van der Waals surface area contributed by atoms with E-state index in [1.165, 1.54) is 0 Å². The standard InChI is InChI=1S/C18H13BrO/c1-12-2-4-13(5-3-12)18(20)16-7-6-15-11-17(19)9-8-14(15)10-16/h2-11H,1H3. The molecule has 3 aromatic carbocycles. The highest BCUT2D eigenvalue weighted by atomic mass is 79.9. The normalized spacial score (nSPS) is 10.7. The highest BCUT2D eigenvalue weighted by Crippen LogP contribution is 2.22. The third kappa shape index (κ3) is 2.52. The maximum Gasteiger partial charge on any atom is 0.193 e. The molecule has 3 rings (SSSR count). The van der Waals surface area contributed by atoms with Gasteiger partial charge >= 0.3 is 0 Å². The molecule has 0 heterocycles. The van der Waals surface area contributed by atoms with Gasteiger partial charge in [-0.05, 0) is 35.9 Å². The first kappa shape index (κ1) is 13.1. The molecule has 98 valence electrons. The van der Waals surface area contributed by atoms with Crippen molar-refractivity contribution in [1.82, 2.24) is 0 Å². The number of rotatable bonds is 2. The Bertz CT molecular complexity index is 788. The van der Waals surface area contributed by atoms with Gasteiger partial charge in [0, 0.05) is 15.6 Å². The predicted molar refractivity (Wildman–Crippen MR) is 86.3 cm³/mol.